The number of benzene rings is 2. The van der Waals surface area contributed by atoms with Gasteiger partial charge >= 0.3 is 0 Å². The first-order valence-electron chi connectivity index (χ1n) is 8.84. The van der Waals surface area contributed by atoms with E-state index in [1.165, 1.54) is 11.1 Å². The number of carbonyl (C=O) groups is 2. The summed E-state index contributed by atoms with van der Waals surface area (Å²) in [4.78, 5) is 25.8. The van der Waals surface area contributed by atoms with E-state index in [0.717, 1.165) is 24.2 Å². The van der Waals surface area contributed by atoms with Crippen molar-refractivity contribution in [2.24, 2.45) is 0 Å². The molecule has 26 heavy (non-hydrogen) atoms. The molecule has 2 aromatic carbocycles. The molecule has 0 aliphatic rings. The SMILES string of the molecule is Cc1ccccc1CCCC(=O)NCC(=O)Nc1ccc(N(C)C)cc1. The lowest BCUT2D eigenvalue weighted by atomic mass is 10.0. The van der Waals surface area contributed by atoms with Crippen LogP contribution >= 0.6 is 0 Å². The predicted octanol–water partition coefficient (Wildman–Crippen LogP) is 3.14. The Labute approximate surface area is 155 Å². The lowest BCUT2D eigenvalue weighted by molar-refractivity contribution is -0.124. The van der Waals surface area contributed by atoms with Crippen molar-refractivity contribution in [2.75, 3.05) is 30.9 Å². The molecule has 0 unspecified atom stereocenters. The van der Waals surface area contributed by atoms with Crippen molar-refractivity contribution in [2.45, 2.75) is 26.2 Å². The van der Waals surface area contributed by atoms with Crippen LogP contribution in [0.1, 0.15) is 24.0 Å². The van der Waals surface area contributed by atoms with Crippen molar-refractivity contribution >= 4 is 23.2 Å². The topological polar surface area (TPSA) is 61.4 Å². The van der Waals surface area contributed by atoms with Crippen molar-refractivity contribution in [3.8, 4) is 0 Å². The number of nitrogens with zero attached hydrogens (tertiary/aromatic N) is 1. The maximum Gasteiger partial charge on any atom is 0.243 e. The fourth-order valence-electron chi connectivity index (χ4n) is 2.65. The molecule has 0 atom stereocenters. The quantitative estimate of drug-likeness (QED) is 0.766. The third-order valence-electron chi connectivity index (χ3n) is 4.22. The summed E-state index contributed by atoms with van der Waals surface area (Å²) in [5.74, 6) is -0.327. The monoisotopic (exact) mass is 353 g/mol. The normalized spacial score (nSPS) is 10.3. The van der Waals surface area contributed by atoms with Crippen molar-refractivity contribution in [3.63, 3.8) is 0 Å². The highest BCUT2D eigenvalue weighted by molar-refractivity contribution is 5.94. The van der Waals surface area contributed by atoms with Crippen LogP contribution in [0.5, 0.6) is 0 Å². The Morgan fingerprint density at radius 2 is 1.65 bits per heavy atom. The minimum absolute atomic E-state index is 0.0152. The van der Waals surface area contributed by atoms with Gasteiger partial charge in [-0.25, -0.2) is 0 Å². The zero-order valence-electron chi connectivity index (χ0n) is 15.7. The summed E-state index contributed by atoms with van der Waals surface area (Å²) >= 11 is 0. The average molecular weight is 353 g/mol. The van der Waals surface area contributed by atoms with E-state index in [0.29, 0.717) is 6.42 Å². The van der Waals surface area contributed by atoms with E-state index in [2.05, 4.69) is 29.7 Å². The first kappa shape index (κ1) is 19.5. The zero-order valence-corrected chi connectivity index (χ0v) is 15.7. The smallest absolute Gasteiger partial charge is 0.243 e. The highest BCUT2D eigenvalue weighted by Gasteiger charge is 2.07. The average Bonchev–Trinajstić information content (AvgIpc) is 2.62. The molecule has 2 amide bonds. The maximum atomic E-state index is 11.9. The van der Waals surface area contributed by atoms with Gasteiger partial charge in [-0.1, -0.05) is 24.3 Å². The number of aryl methyl sites for hydroxylation is 2. The summed E-state index contributed by atoms with van der Waals surface area (Å²) in [5.41, 5.74) is 4.28. The lowest BCUT2D eigenvalue weighted by Crippen LogP contribution is -2.32. The standard InChI is InChI=1S/C21H27N3O2/c1-16-7-4-5-8-17(16)9-6-10-20(25)22-15-21(26)23-18-11-13-19(14-12-18)24(2)3/h4-5,7-8,11-14H,6,9-10,15H2,1-3H3,(H,22,25)(H,23,26). The summed E-state index contributed by atoms with van der Waals surface area (Å²) in [7, 11) is 3.92. The van der Waals surface area contributed by atoms with Crippen LogP contribution in [-0.2, 0) is 16.0 Å². The molecule has 0 aliphatic carbocycles. The number of amides is 2. The molecule has 0 saturated carbocycles. The van der Waals surface area contributed by atoms with Crippen LogP contribution in [0.4, 0.5) is 11.4 Å². The van der Waals surface area contributed by atoms with E-state index >= 15 is 0 Å². The fourth-order valence-corrected chi connectivity index (χ4v) is 2.65. The van der Waals surface area contributed by atoms with Crippen LogP contribution in [-0.4, -0.2) is 32.5 Å². The Morgan fingerprint density at radius 1 is 0.962 bits per heavy atom. The van der Waals surface area contributed by atoms with Gasteiger partial charge in [0.15, 0.2) is 0 Å². The second kappa shape index (κ2) is 9.61. The molecule has 0 spiro atoms. The van der Waals surface area contributed by atoms with Gasteiger partial charge in [0.25, 0.3) is 0 Å². The molecular formula is C21H27N3O2. The van der Waals surface area contributed by atoms with Crippen LogP contribution in [0, 0.1) is 6.92 Å². The summed E-state index contributed by atoms with van der Waals surface area (Å²) in [6.07, 6.45) is 2.05. The molecule has 0 bridgehead atoms. The summed E-state index contributed by atoms with van der Waals surface area (Å²) in [6, 6.07) is 15.7. The molecular weight excluding hydrogens is 326 g/mol. The lowest BCUT2D eigenvalue weighted by Gasteiger charge is -2.13. The Balaban J connectivity index is 1.68. The number of hydrogen-bond acceptors (Lipinski definition) is 3. The van der Waals surface area contributed by atoms with Gasteiger partial charge in [0, 0.05) is 31.9 Å². The van der Waals surface area contributed by atoms with Gasteiger partial charge in [-0.15, -0.1) is 0 Å². The largest absolute Gasteiger partial charge is 0.378 e. The fraction of sp³-hybridized carbons (Fsp3) is 0.333. The first-order chi connectivity index (χ1) is 12.5. The molecule has 2 rings (SSSR count). The number of anilines is 2. The van der Waals surface area contributed by atoms with E-state index in [9.17, 15) is 9.59 Å². The minimum atomic E-state index is -0.227. The third-order valence-corrected chi connectivity index (χ3v) is 4.22. The Kier molecular flexibility index (Phi) is 7.21. The molecule has 5 nitrogen and oxygen atoms in total. The summed E-state index contributed by atoms with van der Waals surface area (Å²) in [5, 5.41) is 5.45. The van der Waals surface area contributed by atoms with Gasteiger partial charge in [0.1, 0.15) is 0 Å². The van der Waals surface area contributed by atoms with Crippen LogP contribution in [0.2, 0.25) is 0 Å². The van der Waals surface area contributed by atoms with Gasteiger partial charge < -0.3 is 15.5 Å². The van der Waals surface area contributed by atoms with E-state index in [4.69, 9.17) is 0 Å². The molecule has 0 radical (unpaired) electrons. The second-order valence-corrected chi connectivity index (χ2v) is 6.55. The van der Waals surface area contributed by atoms with Crippen LogP contribution in [0.25, 0.3) is 0 Å². The van der Waals surface area contributed by atoms with E-state index in [1.54, 1.807) is 0 Å². The van der Waals surface area contributed by atoms with Crippen molar-refractivity contribution < 1.29 is 9.59 Å². The van der Waals surface area contributed by atoms with Crippen LogP contribution in [0.3, 0.4) is 0 Å². The van der Waals surface area contributed by atoms with Crippen LogP contribution < -0.4 is 15.5 Å². The van der Waals surface area contributed by atoms with Gasteiger partial charge in [-0.3, -0.25) is 9.59 Å². The molecule has 2 N–H and O–H groups in total. The van der Waals surface area contributed by atoms with Crippen molar-refractivity contribution in [1.29, 1.82) is 0 Å². The molecule has 0 saturated heterocycles. The third kappa shape index (κ3) is 6.24. The Morgan fingerprint density at radius 3 is 2.31 bits per heavy atom. The summed E-state index contributed by atoms with van der Waals surface area (Å²) in [6.45, 7) is 2.06. The minimum Gasteiger partial charge on any atom is -0.378 e. The molecule has 0 aliphatic heterocycles. The Hall–Kier alpha value is -2.82. The van der Waals surface area contributed by atoms with Crippen molar-refractivity contribution in [3.05, 3.63) is 59.7 Å². The molecule has 138 valence electrons. The van der Waals surface area contributed by atoms with E-state index in [-0.39, 0.29) is 18.4 Å². The second-order valence-electron chi connectivity index (χ2n) is 6.55. The highest BCUT2D eigenvalue weighted by Crippen LogP contribution is 2.15. The number of carbonyl (C=O) groups excluding carboxylic acids is 2. The molecule has 0 fully saturated rings. The molecule has 2 aromatic rings. The number of hydrogen-bond donors (Lipinski definition) is 2. The molecule has 0 heterocycles. The first-order valence-corrected chi connectivity index (χ1v) is 8.84. The van der Waals surface area contributed by atoms with Gasteiger partial charge in [0.2, 0.25) is 11.8 Å². The Bertz CT molecular complexity index is 739. The predicted molar refractivity (Wildman–Crippen MR) is 107 cm³/mol. The van der Waals surface area contributed by atoms with Gasteiger partial charge in [0.05, 0.1) is 6.54 Å². The number of rotatable bonds is 8. The van der Waals surface area contributed by atoms with Crippen molar-refractivity contribution in [1.82, 2.24) is 5.32 Å². The zero-order chi connectivity index (χ0) is 18.9. The molecule has 0 aromatic heterocycles. The van der Waals surface area contributed by atoms with Gasteiger partial charge in [-0.2, -0.15) is 0 Å². The highest BCUT2D eigenvalue weighted by atomic mass is 16.2. The molecule has 5 heteroatoms. The van der Waals surface area contributed by atoms with E-state index in [1.807, 2.05) is 55.4 Å². The summed E-state index contributed by atoms with van der Waals surface area (Å²) < 4.78 is 0. The maximum absolute atomic E-state index is 11.9. The number of nitrogens with one attached hydrogen (secondary N) is 2. The van der Waals surface area contributed by atoms with Gasteiger partial charge in [-0.05, 0) is 55.2 Å². The van der Waals surface area contributed by atoms with E-state index < -0.39 is 0 Å². The van der Waals surface area contributed by atoms with Crippen LogP contribution in [0.15, 0.2) is 48.5 Å².